The Balaban J connectivity index is 1.35. The number of aromatic nitrogens is 1. The molecule has 1 aliphatic heterocycles. The van der Waals surface area contributed by atoms with E-state index < -0.39 is 0 Å². The van der Waals surface area contributed by atoms with Crippen LogP contribution in [0.2, 0.25) is 0 Å². The van der Waals surface area contributed by atoms with Crippen molar-refractivity contribution in [2.75, 3.05) is 6.61 Å². The normalized spacial score (nSPS) is 15.8. The average molecular weight is 348 g/mol. The molecule has 1 aliphatic rings. The van der Waals surface area contributed by atoms with Gasteiger partial charge in [-0.15, -0.1) is 0 Å². The molecule has 5 heteroatoms. The van der Waals surface area contributed by atoms with Crippen LogP contribution in [-0.4, -0.2) is 17.5 Å². The van der Waals surface area contributed by atoms with Crippen LogP contribution in [0.25, 0.3) is 11.5 Å². The van der Waals surface area contributed by atoms with Crippen molar-refractivity contribution in [3.05, 3.63) is 72.1 Å². The molecule has 0 saturated heterocycles. The van der Waals surface area contributed by atoms with Gasteiger partial charge < -0.3 is 14.5 Å². The highest BCUT2D eigenvalue weighted by Crippen LogP contribution is 2.35. The van der Waals surface area contributed by atoms with E-state index in [2.05, 4.69) is 10.3 Å². The molecule has 5 nitrogen and oxygen atoms in total. The Morgan fingerprint density at radius 1 is 1.12 bits per heavy atom. The van der Waals surface area contributed by atoms with Crippen molar-refractivity contribution in [2.45, 2.75) is 25.3 Å². The van der Waals surface area contributed by atoms with E-state index in [9.17, 15) is 4.79 Å². The van der Waals surface area contributed by atoms with Gasteiger partial charge in [0.25, 0.3) is 0 Å². The van der Waals surface area contributed by atoms with Gasteiger partial charge in [-0.05, 0) is 36.1 Å². The fourth-order valence-corrected chi connectivity index (χ4v) is 3.21. The monoisotopic (exact) mass is 348 g/mol. The number of rotatable bonds is 5. The largest absolute Gasteiger partial charge is 0.493 e. The number of hydrogen-bond acceptors (Lipinski definition) is 4. The number of carbonyl (C=O) groups is 1. The van der Waals surface area contributed by atoms with Crippen molar-refractivity contribution in [1.82, 2.24) is 10.3 Å². The van der Waals surface area contributed by atoms with E-state index in [0.717, 1.165) is 23.3 Å². The molecule has 1 atom stereocenters. The molecule has 2 heterocycles. The van der Waals surface area contributed by atoms with Crippen LogP contribution in [0.15, 0.2) is 65.3 Å². The third-order valence-electron chi connectivity index (χ3n) is 4.55. The Morgan fingerprint density at radius 2 is 1.92 bits per heavy atom. The molecule has 0 spiro atoms. The molecule has 0 aliphatic carbocycles. The Kier molecular flexibility index (Phi) is 4.69. The summed E-state index contributed by atoms with van der Waals surface area (Å²) in [7, 11) is 0. The van der Waals surface area contributed by atoms with Crippen LogP contribution in [0.4, 0.5) is 0 Å². The van der Waals surface area contributed by atoms with E-state index in [1.54, 1.807) is 6.26 Å². The number of fused-ring (bicyclic) bond motifs is 1. The lowest BCUT2D eigenvalue weighted by molar-refractivity contribution is -0.121. The topological polar surface area (TPSA) is 64.4 Å². The molecule has 4 rings (SSSR count). The van der Waals surface area contributed by atoms with Crippen LogP contribution < -0.4 is 10.1 Å². The molecular weight excluding hydrogens is 328 g/mol. The van der Waals surface area contributed by atoms with Crippen LogP contribution in [0.1, 0.15) is 30.0 Å². The number of para-hydroxylation sites is 1. The summed E-state index contributed by atoms with van der Waals surface area (Å²) in [4.78, 5) is 16.8. The van der Waals surface area contributed by atoms with Crippen LogP contribution in [0, 0.1) is 0 Å². The second-order valence-electron chi connectivity index (χ2n) is 6.36. The van der Waals surface area contributed by atoms with Crippen molar-refractivity contribution in [3.63, 3.8) is 0 Å². The number of amides is 1. The molecule has 26 heavy (non-hydrogen) atoms. The molecule has 0 saturated carbocycles. The zero-order chi connectivity index (χ0) is 17.8. The summed E-state index contributed by atoms with van der Waals surface area (Å²) in [6.45, 7) is 1.01. The second-order valence-corrected chi connectivity index (χ2v) is 6.36. The predicted molar refractivity (Wildman–Crippen MR) is 97.7 cm³/mol. The fraction of sp³-hybridized carbons (Fsp3) is 0.238. The van der Waals surface area contributed by atoms with E-state index >= 15 is 0 Å². The van der Waals surface area contributed by atoms with Crippen molar-refractivity contribution in [3.8, 4) is 17.2 Å². The summed E-state index contributed by atoms with van der Waals surface area (Å²) in [6.07, 6.45) is 2.89. The standard InChI is InChI=1S/C21H20N2O3/c24-20(12-16-10-11-25-19-9-5-4-8-18(16)19)22-13-17-14-26-21(23-17)15-6-2-1-3-7-15/h1-9,14,16H,10-13H2,(H,22,24). The molecule has 0 radical (unpaired) electrons. The Bertz CT molecular complexity index is 889. The minimum absolute atomic E-state index is 0.0102. The van der Waals surface area contributed by atoms with Gasteiger partial charge in [-0.25, -0.2) is 4.98 Å². The summed E-state index contributed by atoms with van der Waals surface area (Å²) in [5, 5.41) is 2.94. The van der Waals surface area contributed by atoms with E-state index in [1.165, 1.54) is 0 Å². The van der Waals surface area contributed by atoms with E-state index in [0.29, 0.717) is 31.2 Å². The zero-order valence-corrected chi connectivity index (χ0v) is 14.4. The van der Waals surface area contributed by atoms with Crippen LogP contribution in [0.3, 0.4) is 0 Å². The third-order valence-corrected chi connectivity index (χ3v) is 4.55. The van der Waals surface area contributed by atoms with Gasteiger partial charge in [0.05, 0.1) is 18.8 Å². The number of hydrogen-bond donors (Lipinski definition) is 1. The molecule has 1 aromatic heterocycles. The molecule has 3 aromatic rings. The lowest BCUT2D eigenvalue weighted by Gasteiger charge is -2.25. The van der Waals surface area contributed by atoms with Gasteiger partial charge in [0.2, 0.25) is 11.8 Å². The van der Waals surface area contributed by atoms with Crippen molar-refractivity contribution in [2.24, 2.45) is 0 Å². The SMILES string of the molecule is O=C(CC1CCOc2ccccc21)NCc1coc(-c2ccccc2)n1. The van der Waals surface area contributed by atoms with Gasteiger partial charge in [-0.3, -0.25) is 4.79 Å². The average Bonchev–Trinajstić information content (AvgIpc) is 3.17. The van der Waals surface area contributed by atoms with Crippen LogP contribution in [0.5, 0.6) is 5.75 Å². The molecule has 1 N–H and O–H groups in total. The first-order valence-electron chi connectivity index (χ1n) is 8.78. The zero-order valence-electron chi connectivity index (χ0n) is 14.4. The van der Waals surface area contributed by atoms with Crippen LogP contribution in [-0.2, 0) is 11.3 Å². The lowest BCUT2D eigenvalue weighted by atomic mass is 9.90. The number of nitrogens with one attached hydrogen (secondary N) is 1. The van der Waals surface area contributed by atoms with Gasteiger partial charge >= 0.3 is 0 Å². The highest BCUT2D eigenvalue weighted by molar-refractivity contribution is 5.77. The lowest BCUT2D eigenvalue weighted by Crippen LogP contribution is -2.26. The van der Waals surface area contributed by atoms with Crippen LogP contribution >= 0.6 is 0 Å². The van der Waals surface area contributed by atoms with E-state index in [1.807, 2.05) is 54.6 Å². The predicted octanol–water partition coefficient (Wildman–Crippen LogP) is 3.91. The van der Waals surface area contributed by atoms with Gasteiger partial charge in [0.15, 0.2) is 0 Å². The number of nitrogens with zero attached hydrogens (tertiary/aromatic N) is 1. The summed E-state index contributed by atoms with van der Waals surface area (Å²) >= 11 is 0. The van der Waals surface area contributed by atoms with Crippen molar-refractivity contribution < 1.29 is 13.9 Å². The van der Waals surface area contributed by atoms with E-state index in [4.69, 9.17) is 9.15 Å². The Labute approximate surface area is 152 Å². The maximum Gasteiger partial charge on any atom is 0.226 e. The third kappa shape index (κ3) is 3.61. The molecule has 132 valence electrons. The molecule has 2 aromatic carbocycles. The fourth-order valence-electron chi connectivity index (χ4n) is 3.21. The summed E-state index contributed by atoms with van der Waals surface area (Å²) in [6, 6.07) is 17.6. The Morgan fingerprint density at radius 3 is 2.81 bits per heavy atom. The van der Waals surface area contributed by atoms with Gasteiger partial charge in [0, 0.05) is 12.0 Å². The maximum absolute atomic E-state index is 12.4. The molecule has 1 unspecified atom stereocenters. The van der Waals surface area contributed by atoms with Gasteiger partial charge in [-0.1, -0.05) is 36.4 Å². The summed E-state index contributed by atoms with van der Waals surface area (Å²) < 4.78 is 11.2. The first-order chi connectivity index (χ1) is 12.8. The smallest absolute Gasteiger partial charge is 0.226 e. The minimum atomic E-state index is 0.0102. The first-order valence-corrected chi connectivity index (χ1v) is 8.78. The quantitative estimate of drug-likeness (QED) is 0.759. The minimum Gasteiger partial charge on any atom is -0.493 e. The van der Waals surface area contributed by atoms with Gasteiger partial charge in [-0.2, -0.15) is 0 Å². The summed E-state index contributed by atoms with van der Waals surface area (Å²) in [5.41, 5.74) is 2.75. The number of oxazole rings is 1. The van der Waals surface area contributed by atoms with Crippen molar-refractivity contribution in [1.29, 1.82) is 0 Å². The molecule has 0 bridgehead atoms. The highest BCUT2D eigenvalue weighted by Gasteiger charge is 2.23. The Hall–Kier alpha value is -3.08. The van der Waals surface area contributed by atoms with Crippen molar-refractivity contribution >= 4 is 5.91 Å². The molecule has 0 fully saturated rings. The van der Waals surface area contributed by atoms with E-state index in [-0.39, 0.29) is 11.8 Å². The highest BCUT2D eigenvalue weighted by atomic mass is 16.5. The molecule has 1 amide bonds. The van der Waals surface area contributed by atoms with Gasteiger partial charge in [0.1, 0.15) is 12.0 Å². The molecular formula is C21H20N2O3. The number of ether oxygens (including phenoxy) is 1. The number of benzene rings is 2. The number of carbonyl (C=O) groups excluding carboxylic acids is 1. The maximum atomic E-state index is 12.4. The second kappa shape index (κ2) is 7.44. The summed E-state index contributed by atoms with van der Waals surface area (Å²) in [5.74, 6) is 1.65. The first kappa shape index (κ1) is 16.4.